The number of aryl methyl sites for hydroxylation is 3. The Bertz CT molecular complexity index is 871. The summed E-state index contributed by atoms with van der Waals surface area (Å²) in [4.78, 5) is 13.0. The van der Waals surface area contributed by atoms with E-state index in [2.05, 4.69) is 43.3 Å². The van der Waals surface area contributed by atoms with Crippen molar-refractivity contribution in [1.29, 1.82) is 0 Å². The Morgan fingerprint density at radius 3 is 2.04 bits per heavy atom. The van der Waals surface area contributed by atoms with Gasteiger partial charge in [0.05, 0.1) is 0 Å². The van der Waals surface area contributed by atoms with Crippen molar-refractivity contribution in [3.05, 3.63) is 89.0 Å². The molecule has 3 heteroatoms. The van der Waals surface area contributed by atoms with E-state index in [0.717, 1.165) is 33.1 Å². The van der Waals surface area contributed by atoms with Gasteiger partial charge in [-0.25, -0.2) is 0 Å². The Labute approximate surface area is 165 Å². The average molecular weight is 340 g/mol. The zero-order valence-corrected chi connectivity index (χ0v) is 16.3. The quantitative estimate of drug-likeness (QED) is 0.527. The van der Waals surface area contributed by atoms with Crippen LogP contribution >= 0.6 is 8.58 Å². The van der Waals surface area contributed by atoms with Crippen LogP contribution in [0.25, 0.3) is 11.1 Å². The molecule has 25 heavy (non-hydrogen) atoms. The van der Waals surface area contributed by atoms with Gasteiger partial charge in [0.2, 0.25) is 0 Å². The fourth-order valence-electron chi connectivity index (χ4n) is 3.18. The standard InChI is InChI=1S/C22H21OP.Li.H/c1-15-13-16(2)21(17(3)14-15)22(23)24-20-12-8-7-11-19(20)18-9-5-4-6-10-18;;/h4-14,24H,1-3H3;;/q;+1;-1. The van der Waals surface area contributed by atoms with Gasteiger partial charge in [0.1, 0.15) is 0 Å². The predicted molar refractivity (Wildman–Crippen MR) is 106 cm³/mol. The van der Waals surface area contributed by atoms with Crippen LogP contribution in [0.1, 0.15) is 28.5 Å². The third kappa shape index (κ3) is 4.50. The molecule has 0 N–H and O–H groups in total. The van der Waals surface area contributed by atoms with Crippen molar-refractivity contribution in [3.63, 3.8) is 0 Å². The van der Waals surface area contributed by atoms with Gasteiger partial charge in [0.15, 0.2) is 5.52 Å². The fraction of sp³-hybridized carbons (Fsp3) is 0.136. The van der Waals surface area contributed by atoms with Crippen LogP contribution in [0.3, 0.4) is 0 Å². The Kier molecular flexibility index (Phi) is 6.80. The van der Waals surface area contributed by atoms with Gasteiger partial charge in [0, 0.05) is 5.56 Å². The first-order valence-electron chi connectivity index (χ1n) is 8.10. The SMILES string of the molecule is Cc1cc(C)c(C(=O)Pc2ccccc2-c2ccccc2)c(C)c1.[H-].[Li+]. The van der Waals surface area contributed by atoms with Crippen LogP contribution in [0.5, 0.6) is 0 Å². The summed E-state index contributed by atoms with van der Waals surface area (Å²) < 4.78 is 0. The Morgan fingerprint density at radius 2 is 1.40 bits per heavy atom. The summed E-state index contributed by atoms with van der Waals surface area (Å²) in [5, 5.41) is 1.10. The fourth-order valence-corrected chi connectivity index (χ4v) is 4.49. The topological polar surface area (TPSA) is 17.1 Å². The molecular weight excluding hydrogens is 318 g/mol. The molecule has 3 aromatic carbocycles. The van der Waals surface area contributed by atoms with E-state index in [4.69, 9.17) is 0 Å². The maximum atomic E-state index is 13.0. The number of carbonyl (C=O) groups excluding carboxylic acids is 1. The Morgan fingerprint density at radius 1 is 0.840 bits per heavy atom. The van der Waals surface area contributed by atoms with Crippen molar-refractivity contribution in [2.75, 3.05) is 0 Å². The molecule has 3 aromatic rings. The van der Waals surface area contributed by atoms with Gasteiger partial charge in [-0.2, -0.15) is 0 Å². The van der Waals surface area contributed by atoms with Gasteiger partial charge in [-0.3, -0.25) is 4.79 Å². The first kappa shape index (κ1) is 19.7. The van der Waals surface area contributed by atoms with Crippen molar-refractivity contribution in [1.82, 2.24) is 0 Å². The van der Waals surface area contributed by atoms with E-state index >= 15 is 0 Å². The largest absolute Gasteiger partial charge is 1.00 e. The molecule has 0 spiro atoms. The van der Waals surface area contributed by atoms with Gasteiger partial charge in [-0.15, -0.1) is 0 Å². The third-order valence-electron chi connectivity index (χ3n) is 4.16. The molecule has 0 saturated carbocycles. The van der Waals surface area contributed by atoms with Gasteiger partial charge in [0.25, 0.3) is 0 Å². The maximum absolute atomic E-state index is 13.0. The van der Waals surface area contributed by atoms with E-state index in [1.54, 1.807) is 0 Å². The molecule has 0 aliphatic carbocycles. The minimum absolute atomic E-state index is 0. The zero-order valence-electron chi connectivity index (χ0n) is 16.3. The summed E-state index contributed by atoms with van der Waals surface area (Å²) in [6.07, 6.45) is 0. The van der Waals surface area contributed by atoms with E-state index in [0.29, 0.717) is 0 Å². The van der Waals surface area contributed by atoms with E-state index in [1.165, 1.54) is 5.56 Å². The van der Waals surface area contributed by atoms with Crippen molar-refractivity contribution in [2.24, 2.45) is 0 Å². The predicted octanol–water partition coefficient (Wildman–Crippen LogP) is 2.54. The summed E-state index contributed by atoms with van der Waals surface area (Å²) in [6, 6.07) is 22.7. The molecule has 0 aliphatic rings. The third-order valence-corrected chi connectivity index (χ3v) is 5.35. The Hall–Kier alpha value is -1.64. The molecule has 0 fully saturated rings. The molecule has 0 aromatic heterocycles. The van der Waals surface area contributed by atoms with Crippen LogP contribution in [0.15, 0.2) is 66.7 Å². The van der Waals surface area contributed by atoms with Gasteiger partial charge >= 0.3 is 18.9 Å². The van der Waals surface area contributed by atoms with E-state index in [-0.39, 0.29) is 34.4 Å². The van der Waals surface area contributed by atoms with Crippen LogP contribution in [0.2, 0.25) is 0 Å². The molecule has 0 saturated heterocycles. The van der Waals surface area contributed by atoms with Crippen LogP contribution in [0, 0.1) is 20.8 Å². The summed E-state index contributed by atoms with van der Waals surface area (Å²) in [5.74, 6) is 0. The molecule has 1 atom stereocenters. The van der Waals surface area contributed by atoms with Crippen molar-refractivity contribution in [3.8, 4) is 11.1 Å². The van der Waals surface area contributed by atoms with Crippen molar-refractivity contribution in [2.45, 2.75) is 20.8 Å². The van der Waals surface area contributed by atoms with E-state index in [9.17, 15) is 4.79 Å². The first-order chi connectivity index (χ1) is 11.6. The number of hydrogen-bond donors (Lipinski definition) is 0. The first-order valence-corrected chi connectivity index (χ1v) is 9.10. The Balaban J connectivity index is 0.00000169. The molecule has 0 amide bonds. The molecule has 0 bridgehead atoms. The summed E-state index contributed by atoms with van der Waals surface area (Å²) in [7, 11) is 0.131. The minimum Gasteiger partial charge on any atom is -1.00 e. The molecule has 3 rings (SSSR count). The van der Waals surface area contributed by atoms with Gasteiger partial charge in [-0.1, -0.05) is 72.3 Å². The second kappa shape index (κ2) is 8.64. The van der Waals surface area contributed by atoms with Gasteiger partial charge < -0.3 is 1.43 Å². The smallest absolute Gasteiger partial charge is 1.00 e. The van der Waals surface area contributed by atoms with Crippen molar-refractivity contribution < 1.29 is 25.1 Å². The molecule has 122 valence electrons. The normalized spacial score (nSPS) is 10.7. The number of hydrogen-bond acceptors (Lipinski definition) is 1. The monoisotopic (exact) mass is 340 g/mol. The minimum atomic E-state index is 0. The average Bonchev–Trinajstić information content (AvgIpc) is 2.55. The summed E-state index contributed by atoms with van der Waals surface area (Å²) in [5.41, 5.74) is 6.74. The van der Waals surface area contributed by atoms with Gasteiger partial charge in [-0.05, 0) is 56.9 Å². The molecular formula is C22H22LiOP. The number of carbonyl (C=O) groups is 1. The summed E-state index contributed by atoms with van der Waals surface area (Å²) in [6.45, 7) is 6.13. The molecule has 0 aliphatic heterocycles. The maximum Gasteiger partial charge on any atom is 1.00 e. The van der Waals surface area contributed by atoms with Crippen LogP contribution in [0.4, 0.5) is 0 Å². The molecule has 1 unspecified atom stereocenters. The second-order valence-corrected chi connectivity index (χ2v) is 7.38. The zero-order chi connectivity index (χ0) is 17.1. The molecule has 0 heterocycles. The van der Waals surface area contributed by atoms with Crippen LogP contribution < -0.4 is 24.2 Å². The second-order valence-electron chi connectivity index (χ2n) is 6.14. The van der Waals surface area contributed by atoms with E-state index < -0.39 is 0 Å². The number of rotatable bonds is 4. The van der Waals surface area contributed by atoms with Crippen molar-refractivity contribution >= 4 is 19.4 Å². The van der Waals surface area contributed by atoms with Crippen LogP contribution in [-0.2, 0) is 0 Å². The van der Waals surface area contributed by atoms with Crippen LogP contribution in [-0.4, -0.2) is 5.52 Å². The summed E-state index contributed by atoms with van der Waals surface area (Å²) >= 11 is 0. The van der Waals surface area contributed by atoms with E-state index in [1.807, 2.05) is 44.2 Å². The molecule has 1 nitrogen and oxygen atoms in total. The molecule has 0 radical (unpaired) electrons. The number of benzene rings is 3.